The topological polar surface area (TPSA) is 148 Å². The highest BCUT2D eigenvalue weighted by Gasteiger charge is 2.31. The summed E-state index contributed by atoms with van der Waals surface area (Å²) < 4.78 is 10.3. The summed E-state index contributed by atoms with van der Waals surface area (Å²) in [7, 11) is 1.36. The molecule has 3 aromatic rings. The largest absolute Gasteiger partial charge is 0.465 e. The molecule has 11 heteroatoms. The standard InChI is InChI=1S/C40H47N5O6/c1-25-6-11-31(38(48)50-5)21-34(25)28-12-7-26(8-13-28)20-32(37(47)44-33-18-16-30(17-19-33)36-42-24-43-45-36)22-35(46)29-14-9-27(10-15-29)23-41-39(49)51-40(2,3)4/h6-8,11-13,16-19,21,27,29,32H,9-10,14-15,20,22-24H2,1-5H3,(H,41,49)(H,44,47)/t27?,29?,32-/m1/s1. The number of benzene rings is 3. The molecule has 2 N–H and O–H groups in total. The van der Waals surface area contributed by atoms with Gasteiger partial charge in [0, 0.05) is 36.1 Å². The van der Waals surface area contributed by atoms with E-state index in [1.54, 1.807) is 18.2 Å². The molecule has 1 atom stereocenters. The molecule has 1 saturated carbocycles. The lowest BCUT2D eigenvalue weighted by molar-refractivity contribution is -0.129. The maximum absolute atomic E-state index is 13.8. The van der Waals surface area contributed by atoms with Gasteiger partial charge in [0.1, 0.15) is 11.4 Å². The number of azo groups is 1. The van der Waals surface area contributed by atoms with Crippen molar-refractivity contribution >= 4 is 35.3 Å². The van der Waals surface area contributed by atoms with Gasteiger partial charge in [0.05, 0.1) is 12.7 Å². The first-order chi connectivity index (χ1) is 24.4. The monoisotopic (exact) mass is 693 g/mol. The van der Waals surface area contributed by atoms with Gasteiger partial charge in [0.25, 0.3) is 0 Å². The number of carbonyl (C=O) groups is 4. The van der Waals surface area contributed by atoms with E-state index in [-0.39, 0.29) is 29.9 Å². The quantitative estimate of drug-likeness (QED) is 0.186. The summed E-state index contributed by atoms with van der Waals surface area (Å²) in [5, 5.41) is 13.8. The number of anilines is 1. The van der Waals surface area contributed by atoms with Crippen molar-refractivity contribution in [3.05, 3.63) is 89.0 Å². The molecule has 2 amide bonds. The summed E-state index contributed by atoms with van der Waals surface area (Å²) in [6.45, 7) is 8.30. The molecule has 11 nitrogen and oxygen atoms in total. The Bertz CT molecular complexity index is 1790. The van der Waals surface area contributed by atoms with Crippen LogP contribution in [0, 0.1) is 24.7 Å². The van der Waals surface area contributed by atoms with E-state index < -0.39 is 23.6 Å². The predicted molar refractivity (Wildman–Crippen MR) is 196 cm³/mol. The van der Waals surface area contributed by atoms with Gasteiger partial charge in [-0.1, -0.05) is 30.3 Å². The second-order valence-electron chi connectivity index (χ2n) is 14.3. The molecule has 1 aliphatic heterocycles. The van der Waals surface area contributed by atoms with Crippen LogP contribution in [-0.2, 0) is 25.5 Å². The number of rotatable bonds is 12. The number of amidine groups is 1. The van der Waals surface area contributed by atoms with Crippen molar-refractivity contribution in [2.45, 2.75) is 71.8 Å². The van der Waals surface area contributed by atoms with Crippen molar-refractivity contribution in [2.75, 3.05) is 25.6 Å². The molecule has 0 saturated heterocycles. The molecule has 51 heavy (non-hydrogen) atoms. The number of carbonyl (C=O) groups excluding carboxylic acids is 4. The van der Waals surface area contributed by atoms with E-state index in [2.05, 4.69) is 25.9 Å². The number of alkyl carbamates (subject to hydrolysis) is 1. The number of hydrogen-bond donors (Lipinski definition) is 2. The maximum Gasteiger partial charge on any atom is 0.407 e. The van der Waals surface area contributed by atoms with E-state index in [9.17, 15) is 19.2 Å². The van der Waals surface area contributed by atoms with E-state index in [4.69, 9.17) is 9.47 Å². The van der Waals surface area contributed by atoms with Crippen LogP contribution in [0.25, 0.3) is 11.1 Å². The molecule has 268 valence electrons. The smallest absolute Gasteiger partial charge is 0.407 e. The zero-order valence-electron chi connectivity index (χ0n) is 30.0. The maximum atomic E-state index is 13.8. The molecule has 0 unspecified atom stereocenters. The molecule has 0 radical (unpaired) electrons. The lowest BCUT2D eigenvalue weighted by atomic mass is 9.77. The summed E-state index contributed by atoms with van der Waals surface area (Å²) in [6.07, 6.45) is 3.14. The van der Waals surface area contributed by atoms with Gasteiger partial charge in [-0.15, -0.1) is 5.11 Å². The summed E-state index contributed by atoms with van der Waals surface area (Å²) in [6, 6.07) is 20.6. The van der Waals surface area contributed by atoms with Gasteiger partial charge in [-0.05, 0) is 124 Å². The normalized spacial score (nSPS) is 17.6. The Kier molecular flexibility index (Phi) is 12.1. The fraction of sp³-hybridized carbons (Fsp3) is 0.425. The summed E-state index contributed by atoms with van der Waals surface area (Å²) in [5.74, 6) is -0.434. The minimum atomic E-state index is -0.591. The lowest BCUT2D eigenvalue weighted by Gasteiger charge is -2.29. The number of nitrogens with zero attached hydrogens (tertiary/aromatic N) is 3. The van der Waals surface area contributed by atoms with Crippen LogP contribution in [-0.4, -0.2) is 55.5 Å². The van der Waals surface area contributed by atoms with Crippen LogP contribution < -0.4 is 10.6 Å². The number of methoxy groups -OCH3 is 1. The van der Waals surface area contributed by atoms with Crippen molar-refractivity contribution in [2.24, 2.45) is 33.0 Å². The first-order valence-electron chi connectivity index (χ1n) is 17.5. The van der Waals surface area contributed by atoms with Gasteiger partial charge in [-0.3, -0.25) is 9.59 Å². The Labute approximate surface area is 299 Å². The Hall–Kier alpha value is -5.19. The molecule has 0 spiro atoms. The summed E-state index contributed by atoms with van der Waals surface area (Å²) in [4.78, 5) is 56.1. The molecule has 1 heterocycles. The minimum Gasteiger partial charge on any atom is -0.465 e. The summed E-state index contributed by atoms with van der Waals surface area (Å²) >= 11 is 0. The van der Waals surface area contributed by atoms with E-state index >= 15 is 0 Å². The molecule has 5 rings (SSSR count). The van der Waals surface area contributed by atoms with Crippen molar-refractivity contribution in [1.82, 2.24) is 5.32 Å². The Balaban J connectivity index is 1.26. The second-order valence-corrected chi connectivity index (χ2v) is 14.3. The van der Waals surface area contributed by atoms with Gasteiger partial charge < -0.3 is 20.1 Å². The number of Topliss-reactive ketones (excluding diaryl/α,β-unsaturated/α-hetero) is 1. The highest BCUT2D eigenvalue weighted by molar-refractivity contribution is 6.01. The number of aryl methyl sites for hydroxylation is 1. The number of amides is 2. The van der Waals surface area contributed by atoms with Crippen molar-refractivity contribution in [3.63, 3.8) is 0 Å². The Morgan fingerprint density at radius 3 is 2.22 bits per heavy atom. The number of nitrogens with one attached hydrogen (secondary N) is 2. The molecular formula is C40H47N5O6. The predicted octanol–water partition coefficient (Wildman–Crippen LogP) is 7.71. The number of ketones is 1. The third kappa shape index (κ3) is 10.4. The SMILES string of the molecule is COC(=O)c1ccc(C)c(-c2ccc(C[C@H](CC(=O)C3CCC(CNC(=O)OC(C)(C)C)CC3)C(=O)Nc3ccc(C4=NCN=N4)cc3)cc2)c1. The molecule has 1 fully saturated rings. The zero-order valence-corrected chi connectivity index (χ0v) is 30.0. The second kappa shape index (κ2) is 16.7. The first kappa shape index (κ1) is 37.1. The Morgan fingerprint density at radius 2 is 1.59 bits per heavy atom. The van der Waals surface area contributed by atoms with Crippen molar-refractivity contribution in [3.8, 4) is 11.1 Å². The van der Waals surface area contributed by atoms with Crippen molar-refractivity contribution < 1.29 is 28.7 Å². The summed E-state index contributed by atoms with van der Waals surface area (Å²) in [5.41, 5.74) is 5.13. The van der Waals surface area contributed by atoms with Crippen LogP contribution in [0.2, 0.25) is 0 Å². The fourth-order valence-corrected chi connectivity index (χ4v) is 6.51. The van der Waals surface area contributed by atoms with E-state index in [1.807, 2.05) is 76.2 Å². The lowest BCUT2D eigenvalue weighted by Crippen LogP contribution is -2.37. The van der Waals surface area contributed by atoms with Crippen LogP contribution in [0.15, 0.2) is 82.0 Å². The van der Waals surface area contributed by atoms with E-state index in [1.165, 1.54) is 7.11 Å². The van der Waals surface area contributed by atoms with Gasteiger partial charge in [-0.2, -0.15) is 5.11 Å². The highest BCUT2D eigenvalue weighted by Crippen LogP contribution is 2.32. The van der Waals surface area contributed by atoms with Gasteiger partial charge in [0.15, 0.2) is 12.5 Å². The average molecular weight is 694 g/mol. The molecular weight excluding hydrogens is 646 g/mol. The fourth-order valence-electron chi connectivity index (χ4n) is 6.51. The van der Waals surface area contributed by atoms with E-state index in [0.717, 1.165) is 53.5 Å². The Morgan fingerprint density at radius 1 is 0.902 bits per heavy atom. The third-order valence-electron chi connectivity index (χ3n) is 9.32. The van der Waals surface area contributed by atoms with Crippen LogP contribution >= 0.6 is 0 Å². The van der Waals surface area contributed by atoms with Crippen LogP contribution in [0.4, 0.5) is 10.5 Å². The molecule has 1 aliphatic carbocycles. The number of ether oxygens (including phenoxy) is 2. The molecule has 0 aromatic heterocycles. The number of esters is 1. The van der Waals surface area contributed by atoms with Gasteiger partial charge in [-0.25, -0.2) is 14.6 Å². The zero-order chi connectivity index (χ0) is 36.5. The van der Waals surface area contributed by atoms with Crippen LogP contribution in [0.5, 0.6) is 0 Å². The molecule has 0 bridgehead atoms. The number of hydrogen-bond acceptors (Lipinski definition) is 9. The van der Waals surface area contributed by atoms with Gasteiger partial charge in [0.2, 0.25) is 5.91 Å². The number of aliphatic imine (C=N–C) groups is 1. The highest BCUT2D eigenvalue weighted by atomic mass is 16.6. The van der Waals surface area contributed by atoms with Crippen molar-refractivity contribution in [1.29, 1.82) is 0 Å². The minimum absolute atomic E-state index is 0.0838. The first-order valence-corrected chi connectivity index (χ1v) is 17.5. The third-order valence-corrected chi connectivity index (χ3v) is 9.32. The van der Waals surface area contributed by atoms with Crippen LogP contribution in [0.1, 0.15) is 79.9 Å². The molecule has 3 aromatic carbocycles. The average Bonchev–Trinajstić information content (AvgIpc) is 3.66. The van der Waals surface area contributed by atoms with Crippen LogP contribution in [0.3, 0.4) is 0 Å². The van der Waals surface area contributed by atoms with Gasteiger partial charge >= 0.3 is 12.1 Å². The van der Waals surface area contributed by atoms with E-state index in [0.29, 0.717) is 36.7 Å². The molecule has 2 aliphatic rings.